The highest BCUT2D eigenvalue weighted by atomic mass is 35.5. The van der Waals surface area contributed by atoms with Crippen molar-refractivity contribution in [3.8, 4) is 0 Å². The van der Waals surface area contributed by atoms with Gasteiger partial charge in [0, 0.05) is 17.1 Å². The molecule has 5 heteroatoms. The Labute approximate surface area is 111 Å². The van der Waals surface area contributed by atoms with Gasteiger partial charge in [-0.05, 0) is 24.1 Å². The van der Waals surface area contributed by atoms with Gasteiger partial charge in [-0.15, -0.1) is 0 Å². The van der Waals surface area contributed by atoms with Crippen LogP contribution < -0.4 is 4.90 Å². The average molecular weight is 270 g/mol. The maximum absolute atomic E-state index is 12.0. The first-order valence-electron chi connectivity index (χ1n) is 5.68. The first-order chi connectivity index (χ1) is 8.40. The van der Waals surface area contributed by atoms with E-state index in [1.807, 2.05) is 13.8 Å². The molecule has 0 saturated heterocycles. The van der Waals surface area contributed by atoms with Crippen LogP contribution in [0.5, 0.6) is 0 Å². The largest absolute Gasteiger partial charge is 0.480 e. The Bertz CT molecular complexity index is 446. The van der Waals surface area contributed by atoms with Crippen molar-refractivity contribution in [3.05, 3.63) is 29.3 Å². The van der Waals surface area contributed by atoms with Crippen LogP contribution in [-0.4, -0.2) is 23.5 Å². The van der Waals surface area contributed by atoms with Gasteiger partial charge < -0.3 is 10.0 Å². The molecule has 1 aromatic rings. The fraction of sp³-hybridized carbons (Fsp3) is 0.385. The Hall–Kier alpha value is -1.55. The number of amides is 1. The molecule has 1 amide bonds. The van der Waals surface area contributed by atoms with Crippen LogP contribution in [-0.2, 0) is 9.59 Å². The smallest absolute Gasteiger partial charge is 0.323 e. The molecule has 0 bridgehead atoms. The Balaban J connectivity index is 2.97. The number of hydrogen-bond donors (Lipinski definition) is 1. The summed E-state index contributed by atoms with van der Waals surface area (Å²) in [5.74, 6) is -1.09. The summed E-state index contributed by atoms with van der Waals surface area (Å²) < 4.78 is 0. The monoisotopic (exact) mass is 269 g/mol. The maximum atomic E-state index is 12.0. The van der Waals surface area contributed by atoms with Crippen LogP contribution in [0, 0.1) is 5.92 Å². The van der Waals surface area contributed by atoms with Crippen LogP contribution in [0.4, 0.5) is 5.69 Å². The molecule has 0 aliphatic rings. The molecule has 0 radical (unpaired) electrons. The Morgan fingerprint density at radius 3 is 2.56 bits per heavy atom. The summed E-state index contributed by atoms with van der Waals surface area (Å²) in [6, 6.07) is 6.63. The predicted octanol–water partition coefficient (Wildman–Crippen LogP) is 2.80. The number of rotatable bonds is 5. The first-order valence-corrected chi connectivity index (χ1v) is 6.05. The fourth-order valence-corrected chi connectivity index (χ4v) is 1.75. The predicted molar refractivity (Wildman–Crippen MR) is 70.9 cm³/mol. The lowest BCUT2D eigenvalue weighted by molar-refractivity contribution is -0.136. The van der Waals surface area contributed by atoms with E-state index in [0.717, 1.165) is 0 Å². The van der Waals surface area contributed by atoms with E-state index in [0.29, 0.717) is 17.1 Å². The molecule has 18 heavy (non-hydrogen) atoms. The highest BCUT2D eigenvalue weighted by Crippen LogP contribution is 2.21. The van der Waals surface area contributed by atoms with Crippen molar-refractivity contribution in [1.29, 1.82) is 0 Å². The third-order valence-corrected chi connectivity index (χ3v) is 2.53. The van der Waals surface area contributed by atoms with Gasteiger partial charge >= 0.3 is 5.97 Å². The van der Waals surface area contributed by atoms with E-state index in [-0.39, 0.29) is 18.4 Å². The van der Waals surface area contributed by atoms with Gasteiger partial charge in [0.05, 0.1) is 0 Å². The number of halogens is 1. The topological polar surface area (TPSA) is 57.6 Å². The van der Waals surface area contributed by atoms with E-state index < -0.39 is 5.97 Å². The molecule has 1 rings (SSSR count). The van der Waals surface area contributed by atoms with Gasteiger partial charge in [0.15, 0.2) is 0 Å². The van der Waals surface area contributed by atoms with Crippen molar-refractivity contribution < 1.29 is 14.7 Å². The molecular weight excluding hydrogens is 254 g/mol. The molecule has 0 fully saturated rings. The maximum Gasteiger partial charge on any atom is 0.323 e. The highest BCUT2D eigenvalue weighted by molar-refractivity contribution is 6.30. The molecule has 1 aromatic carbocycles. The molecule has 0 aromatic heterocycles. The first kappa shape index (κ1) is 14.5. The summed E-state index contributed by atoms with van der Waals surface area (Å²) >= 11 is 5.85. The van der Waals surface area contributed by atoms with E-state index in [9.17, 15) is 9.59 Å². The minimum absolute atomic E-state index is 0.174. The van der Waals surface area contributed by atoms with Crippen molar-refractivity contribution in [1.82, 2.24) is 0 Å². The number of benzene rings is 1. The number of carboxylic acids is 1. The Morgan fingerprint density at radius 1 is 1.39 bits per heavy atom. The van der Waals surface area contributed by atoms with Gasteiger partial charge in [-0.3, -0.25) is 9.59 Å². The molecule has 1 N–H and O–H groups in total. The zero-order chi connectivity index (χ0) is 13.7. The van der Waals surface area contributed by atoms with Crippen LogP contribution in [0.15, 0.2) is 24.3 Å². The van der Waals surface area contributed by atoms with Crippen LogP contribution in [0.1, 0.15) is 20.3 Å². The molecule has 0 spiro atoms. The lowest BCUT2D eigenvalue weighted by Crippen LogP contribution is -2.36. The van der Waals surface area contributed by atoms with Crippen LogP contribution in [0.25, 0.3) is 0 Å². The summed E-state index contributed by atoms with van der Waals surface area (Å²) in [4.78, 5) is 24.1. The molecule has 0 aliphatic carbocycles. The second kappa shape index (κ2) is 6.40. The number of nitrogens with zero attached hydrogens (tertiary/aromatic N) is 1. The highest BCUT2D eigenvalue weighted by Gasteiger charge is 2.19. The lowest BCUT2D eigenvalue weighted by atomic mass is 10.1. The molecule has 98 valence electrons. The number of aliphatic carboxylic acids is 1. The fourth-order valence-electron chi connectivity index (χ4n) is 1.56. The van der Waals surface area contributed by atoms with Crippen molar-refractivity contribution >= 4 is 29.2 Å². The molecular formula is C13H16ClNO3. The normalized spacial score (nSPS) is 10.4. The number of hydrogen-bond acceptors (Lipinski definition) is 2. The van der Waals surface area contributed by atoms with E-state index in [4.69, 9.17) is 16.7 Å². The SMILES string of the molecule is CC(C)CC(=O)N(CC(=O)O)c1cccc(Cl)c1. The van der Waals surface area contributed by atoms with Gasteiger partial charge in [-0.25, -0.2) is 0 Å². The molecule has 0 saturated carbocycles. The molecule has 0 heterocycles. The van der Waals surface area contributed by atoms with Gasteiger partial charge in [-0.2, -0.15) is 0 Å². The summed E-state index contributed by atoms with van der Waals surface area (Å²) in [5, 5.41) is 9.34. The zero-order valence-corrected chi connectivity index (χ0v) is 11.1. The minimum atomic E-state index is -1.05. The molecule has 0 aliphatic heterocycles. The third kappa shape index (κ3) is 4.37. The second-order valence-corrected chi connectivity index (χ2v) is 4.89. The average Bonchev–Trinajstić information content (AvgIpc) is 2.24. The summed E-state index contributed by atoms with van der Waals surface area (Å²) in [5.41, 5.74) is 0.510. The molecule has 0 unspecified atom stereocenters. The van der Waals surface area contributed by atoms with Gasteiger partial charge in [0.1, 0.15) is 6.54 Å². The van der Waals surface area contributed by atoms with Crippen molar-refractivity contribution in [3.63, 3.8) is 0 Å². The van der Waals surface area contributed by atoms with Gasteiger partial charge in [-0.1, -0.05) is 31.5 Å². The number of anilines is 1. The summed E-state index contributed by atoms with van der Waals surface area (Å²) in [6.07, 6.45) is 0.305. The molecule has 4 nitrogen and oxygen atoms in total. The standard InChI is InChI=1S/C13H16ClNO3/c1-9(2)6-12(16)15(8-13(17)18)11-5-3-4-10(14)7-11/h3-5,7,9H,6,8H2,1-2H3,(H,17,18). The van der Waals surface area contributed by atoms with Crippen LogP contribution >= 0.6 is 11.6 Å². The van der Waals surface area contributed by atoms with Crippen molar-refractivity contribution in [2.24, 2.45) is 5.92 Å². The van der Waals surface area contributed by atoms with E-state index in [2.05, 4.69) is 0 Å². The van der Waals surface area contributed by atoms with Crippen molar-refractivity contribution in [2.75, 3.05) is 11.4 Å². The Morgan fingerprint density at radius 2 is 2.06 bits per heavy atom. The number of carbonyl (C=O) groups is 2. The molecule has 0 atom stereocenters. The van der Waals surface area contributed by atoms with Crippen molar-refractivity contribution in [2.45, 2.75) is 20.3 Å². The van der Waals surface area contributed by atoms with E-state index in [1.54, 1.807) is 24.3 Å². The van der Waals surface area contributed by atoms with E-state index in [1.165, 1.54) is 4.90 Å². The number of carboxylic acid groups (broad SMARTS) is 1. The third-order valence-electron chi connectivity index (χ3n) is 2.30. The van der Waals surface area contributed by atoms with Gasteiger partial charge in [0.2, 0.25) is 5.91 Å². The zero-order valence-electron chi connectivity index (χ0n) is 10.4. The summed E-state index contributed by atoms with van der Waals surface area (Å²) in [7, 11) is 0. The van der Waals surface area contributed by atoms with E-state index >= 15 is 0 Å². The van der Waals surface area contributed by atoms with Crippen LogP contribution in [0.3, 0.4) is 0 Å². The lowest BCUT2D eigenvalue weighted by Gasteiger charge is -2.22. The second-order valence-electron chi connectivity index (χ2n) is 4.45. The quantitative estimate of drug-likeness (QED) is 0.894. The van der Waals surface area contributed by atoms with Crippen LogP contribution in [0.2, 0.25) is 5.02 Å². The Kier molecular flexibility index (Phi) is 5.16. The number of carbonyl (C=O) groups excluding carboxylic acids is 1. The van der Waals surface area contributed by atoms with Gasteiger partial charge in [0.25, 0.3) is 0 Å². The summed E-state index contributed by atoms with van der Waals surface area (Å²) in [6.45, 7) is 3.47. The minimum Gasteiger partial charge on any atom is -0.480 e.